The number of esters is 1. The maximum absolute atomic E-state index is 12.9. The van der Waals surface area contributed by atoms with Crippen molar-refractivity contribution in [2.45, 2.75) is 18.7 Å². The molecule has 0 aromatic heterocycles. The Morgan fingerprint density at radius 2 is 1.61 bits per heavy atom. The summed E-state index contributed by atoms with van der Waals surface area (Å²) in [5.41, 5.74) is 5.81. The summed E-state index contributed by atoms with van der Waals surface area (Å²) in [5.74, 6) is -3.10. The molecule has 31 heavy (non-hydrogen) atoms. The van der Waals surface area contributed by atoms with Crippen LogP contribution < -0.4 is 11.5 Å². The van der Waals surface area contributed by atoms with Crippen molar-refractivity contribution >= 4 is 29.0 Å². The van der Waals surface area contributed by atoms with E-state index in [9.17, 15) is 38.0 Å². The van der Waals surface area contributed by atoms with Crippen LogP contribution >= 0.6 is 0 Å². The Hall–Kier alpha value is -3.87. The molecule has 0 spiro atoms. The zero-order valence-corrected chi connectivity index (χ0v) is 15.9. The van der Waals surface area contributed by atoms with Gasteiger partial charge in [-0.3, -0.25) is 10.1 Å². The Bertz CT molecular complexity index is 965. The highest BCUT2D eigenvalue weighted by Gasteiger charge is 2.62. The standard InChI is InChI=1S/C11H12F3NO3.C7H6N2O4/c1-2-18-9(16)10(17,11(12,13)14)7-3-5-8(15)6-4-7;8-4-1-2-5(7(10)11)6(3-4)9(12)13/h3-6,17H,2,15H2,1H3;1-3H,8H2,(H,10,11). The molecule has 0 aliphatic rings. The van der Waals surface area contributed by atoms with Crippen LogP contribution in [0, 0.1) is 10.1 Å². The number of anilines is 2. The molecule has 2 rings (SSSR count). The van der Waals surface area contributed by atoms with Gasteiger partial charge in [-0.25, -0.2) is 9.59 Å². The summed E-state index contributed by atoms with van der Waals surface area (Å²) in [5, 5.41) is 28.6. The highest BCUT2D eigenvalue weighted by molar-refractivity contribution is 5.93. The Kier molecular flexibility index (Phi) is 7.92. The van der Waals surface area contributed by atoms with E-state index in [0.717, 1.165) is 36.4 Å². The summed E-state index contributed by atoms with van der Waals surface area (Å²) in [6.07, 6.45) is -5.19. The number of nitro benzene ring substituents is 1. The van der Waals surface area contributed by atoms with Gasteiger partial charge in [-0.05, 0) is 31.2 Å². The number of nitrogens with two attached hydrogens (primary N) is 2. The fourth-order valence-electron chi connectivity index (χ4n) is 2.24. The lowest BCUT2D eigenvalue weighted by Crippen LogP contribution is -2.50. The van der Waals surface area contributed by atoms with Crippen LogP contribution in [-0.2, 0) is 15.1 Å². The maximum Gasteiger partial charge on any atom is 0.432 e. The van der Waals surface area contributed by atoms with Crippen molar-refractivity contribution in [1.82, 2.24) is 0 Å². The van der Waals surface area contributed by atoms with E-state index in [1.165, 1.54) is 13.0 Å². The molecule has 0 heterocycles. The molecule has 0 saturated heterocycles. The van der Waals surface area contributed by atoms with E-state index in [2.05, 4.69) is 4.74 Å². The van der Waals surface area contributed by atoms with Crippen molar-refractivity contribution in [1.29, 1.82) is 0 Å². The lowest BCUT2D eigenvalue weighted by atomic mass is 9.93. The molecule has 0 saturated carbocycles. The van der Waals surface area contributed by atoms with Crippen molar-refractivity contribution in [2.24, 2.45) is 0 Å². The van der Waals surface area contributed by atoms with E-state index in [1.807, 2.05) is 0 Å². The Morgan fingerprint density at radius 1 is 1.10 bits per heavy atom. The molecule has 13 heteroatoms. The molecule has 6 N–H and O–H groups in total. The third-order valence-electron chi connectivity index (χ3n) is 3.76. The Labute approximate surface area is 173 Å². The van der Waals surface area contributed by atoms with Crippen LogP contribution in [-0.4, -0.2) is 39.9 Å². The smallest absolute Gasteiger partial charge is 0.432 e. The molecule has 1 unspecified atom stereocenters. The predicted octanol–water partition coefficient (Wildman–Crippen LogP) is 2.46. The quantitative estimate of drug-likeness (QED) is 0.233. The average molecular weight is 445 g/mol. The molecule has 1 atom stereocenters. The van der Waals surface area contributed by atoms with Gasteiger partial charge in [-0.1, -0.05) is 12.1 Å². The first-order valence-electron chi connectivity index (χ1n) is 8.35. The third kappa shape index (κ3) is 5.82. The van der Waals surface area contributed by atoms with Crippen LogP contribution in [0.3, 0.4) is 0 Å². The van der Waals surface area contributed by atoms with Gasteiger partial charge in [0.05, 0.1) is 11.5 Å². The zero-order valence-electron chi connectivity index (χ0n) is 15.9. The van der Waals surface area contributed by atoms with Crippen molar-refractivity contribution in [3.63, 3.8) is 0 Å². The molecule has 0 fully saturated rings. The first-order valence-corrected chi connectivity index (χ1v) is 8.35. The van der Waals surface area contributed by atoms with Gasteiger partial charge in [0.25, 0.3) is 11.3 Å². The molecule has 10 nitrogen and oxygen atoms in total. The van der Waals surface area contributed by atoms with Gasteiger partial charge in [0.1, 0.15) is 5.56 Å². The van der Waals surface area contributed by atoms with Crippen LogP contribution in [0.15, 0.2) is 42.5 Å². The van der Waals surface area contributed by atoms with Gasteiger partial charge in [0.15, 0.2) is 0 Å². The summed E-state index contributed by atoms with van der Waals surface area (Å²) in [4.78, 5) is 31.5. The molecular formula is C18H18F3N3O7. The molecule has 0 amide bonds. The van der Waals surface area contributed by atoms with Crippen LogP contribution in [0.4, 0.5) is 30.2 Å². The monoisotopic (exact) mass is 445 g/mol. The van der Waals surface area contributed by atoms with E-state index in [1.54, 1.807) is 0 Å². The Balaban J connectivity index is 0.000000327. The average Bonchev–Trinajstić information content (AvgIpc) is 2.67. The number of hydrogen-bond donors (Lipinski definition) is 4. The van der Waals surface area contributed by atoms with Crippen LogP contribution in [0.5, 0.6) is 0 Å². The number of rotatable bonds is 5. The van der Waals surface area contributed by atoms with Crippen molar-refractivity contribution in [2.75, 3.05) is 18.1 Å². The van der Waals surface area contributed by atoms with E-state index in [0.29, 0.717) is 0 Å². The van der Waals surface area contributed by atoms with Crippen molar-refractivity contribution < 1.29 is 42.6 Å². The van der Waals surface area contributed by atoms with Gasteiger partial charge in [0, 0.05) is 23.0 Å². The second kappa shape index (κ2) is 9.75. The molecule has 0 bridgehead atoms. The Morgan fingerprint density at radius 3 is 2.03 bits per heavy atom. The molecule has 0 aliphatic carbocycles. The fourth-order valence-corrected chi connectivity index (χ4v) is 2.24. The number of nitro groups is 1. The number of aromatic carboxylic acids is 1. The zero-order chi connectivity index (χ0) is 24.0. The largest absolute Gasteiger partial charge is 0.477 e. The van der Waals surface area contributed by atoms with Crippen LogP contribution in [0.25, 0.3) is 0 Å². The second-order valence-electron chi connectivity index (χ2n) is 5.89. The number of nitrogen functional groups attached to an aromatic ring is 2. The minimum Gasteiger partial charge on any atom is -0.477 e. The minimum absolute atomic E-state index is 0.164. The van der Waals surface area contributed by atoms with Crippen LogP contribution in [0.1, 0.15) is 22.8 Å². The third-order valence-corrected chi connectivity index (χ3v) is 3.76. The first kappa shape index (κ1) is 25.2. The number of aliphatic hydroxyl groups is 1. The summed E-state index contributed by atoms with van der Waals surface area (Å²) >= 11 is 0. The highest BCUT2D eigenvalue weighted by atomic mass is 19.4. The number of carboxylic acids is 1. The maximum atomic E-state index is 12.9. The first-order chi connectivity index (χ1) is 14.3. The molecule has 2 aromatic carbocycles. The van der Waals surface area contributed by atoms with Gasteiger partial charge in [0.2, 0.25) is 0 Å². The summed E-state index contributed by atoms with van der Waals surface area (Å²) < 4.78 is 42.9. The number of benzene rings is 2. The van der Waals surface area contributed by atoms with Gasteiger partial charge in [-0.15, -0.1) is 0 Å². The van der Waals surface area contributed by atoms with Gasteiger partial charge >= 0.3 is 18.1 Å². The summed E-state index contributed by atoms with van der Waals surface area (Å²) in [6.45, 7) is 1.07. The minimum atomic E-state index is -5.19. The lowest BCUT2D eigenvalue weighted by Gasteiger charge is -2.28. The van der Waals surface area contributed by atoms with E-state index in [4.69, 9.17) is 16.6 Å². The number of halogens is 3. The number of hydrogen-bond acceptors (Lipinski definition) is 8. The normalized spacial score (nSPS) is 12.7. The van der Waals surface area contributed by atoms with E-state index in [-0.39, 0.29) is 23.5 Å². The van der Waals surface area contributed by atoms with Gasteiger partial charge in [-0.2, -0.15) is 13.2 Å². The molecule has 168 valence electrons. The lowest BCUT2D eigenvalue weighted by molar-refractivity contribution is -0.385. The predicted molar refractivity (Wildman–Crippen MR) is 102 cm³/mol. The van der Waals surface area contributed by atoms with Crippen LogP contribution in [0.2, 0.25) is 0 Å². The second-order valence-corrected chi connectivity index (χ2v) is 5.89. The molecule has 0 aliphatic heterocycles. The van der Waals surface area contributed by atoms with Crippen molar-refractivity contribution in [3.05, 3.63) is 63.7 Å². The number of carbonyl (C=O) groups excluding carboxylic acids is 1. The number of carbonyl (C=O) groups is 2. The topological polar surface area (TPSA) is 179 Å². The summed E-state index contributed by atoms with van der Waals surface area (Å²) in [6, 6.07) is 7.60. The molecular weight excluding hydrogens is 427 g/mol. The number of alkyl halides is 3. The number of ether oxygens (including phenoxy) is 1. The van der Waals surface area contributed by atoms with E-state index < -0.39 is 39.9 Å². The number of carboxylic acid groups (broad SMARTS) is 1. The molecule has 2 aromatic rings. The van der Waals surface area contributed by atoms with E-state index >= 15 is 0 Å². The van der Waals surface area contributed by atoms with Gasteiger partial charge < -0.3 is 26.4 Å². The number of nitrogens with zero attached hydrogens (tertiary/aromatic N) is 1. The molecule has 0 radical (unpaired) electrons. The SMILES string of the molecule is CCOC(=O)C(O)(c1ccc(N)cc1)C(F)(F)F.Nc1ccc(C(=O)O)c([N+](=O)[O-])c1. The summed E-state index contributed by atoms with van der Waals surface area (Å²) in [7, 11) is 0. The highest BCUT2D eigenvalue weighted by Crippen LogP contribution is 2.40. The van der Waals surface area contributed by atoms with Crippen molar-refractivity contribution in [3.8, 4) is 0 Å². The fraction of sp³-hybridized carbons (Fsp3) is 0.222.